The Morgan fingerprint density at radius 3 is 2.47 bits per heavy atom. The molecule has 158 valence electrons. The number of carbonyl (C=O) groups excluding carboxylic acids is 1. The molecule has 11 nitrogen and oxygen atoms in total. The van der Waals surface area contributed by atoms with E-state index < -0.39 is 6.61 Å². The molecular formula is C19H23N7O4. The van der Waals surface area contributed by atoms with Gasteiger partial charge in [-0.1, -0.05) is 0 Å². The minimum atomic E-state index is -0.470. The van der Waals surface area contributed by atoms with Crippen LogP contribution in [0.4, 0.5) is 17.5 Å². The highest BCUT2D eigenvalue weighted by Gasteiger charge is 2.23. The first-order valence-corrected chi connectivity index (χ1v) is 9.46. The van der Waals surface area contributed by atoms with Crippen molar-refractivity contribution in [2.75, 3.05) is 57.2 Å². The molecule has 2 aromatic heterocycles. The highest BCUT2D eigenvalue weighted by molar-refractivity contribution is 5.77. The smallest absolute Gasteiger partial charge is 0.248 e. The molecule has 1 amide bonds. The molecule has 1 saturated heterocycles. The third-order valence-corrected chi connectivity index (χ3v) is 4.91. The zero-order valence-electron chi connectivity index (χ0n) is 16.8. The number of fused-ring (bicyclic) bond motifs is 1. The predicted octanol–water partition coefficient (Wildman–Crippen LogP) is 0.526. The van der Waals surface area contributed by atoms with Crippen LogP contribution in [0.3, 0.4) is 0 Å². The van der Waals surface area contributed by atoms with Gasteiger partial charge in [-0.25, -0.2) is 9.50 Å². The SMILES string of the molecule is COc1cc(Nc2nc3c(N4CCN(C(=O)CO)CC4)nccn3n2)cc(OC)c1. The summed E-state index contributed by atoms with van der Waals surface area (Å²) in [5.74, 6) is 2.14. The molecule has 1 fully saturated rings. The van der Waals surface area contributed by atoms with Crippen LogP contribution in [0, 0.1) is 0 Å². The van der Waals surface area contributed by atoms with Crippen molar-refractivity contribution in [3.05, 3.63) is 30.6 Å². The Balaban J connectivity index is 1.57. The second kappa shape index (κ2) is 8.41. The fraction of sp³-hybridized carbons (Fsp3) is 0.368. The standard InChI is InChI=1S/C19H23N7O4/c1-29-14-9-13(10-15(11-14)30-2)21-19-22-18-17(20-3-4-26(18)23-19)25-7-5-24(6-8-25)16(28)12-27/h3-4,9-11,27H,5-8,12H2,1-2H3,(H,21,23). The number of ether oxygens (including phenoxy) is 2. The van der Waals surface area contributed by atoms with Crippen LogP contribution in [0.25, 0.3) is 5.65 Å². The van der Waals surface area contributed by atoms with E-state index >= 15 is 0 Å². The third kappa shape index (κ3) is 3.92. The molecule has 0 spiro atoms. The van der Waals surface area contributed by atoms with Gasteiger partial charge in [0.1, 0.15) is 18.1 Å². The molecule has 11 heteroatoms. The van der Waals surface area contributed by atoms with Crippen molar-refractivity contribution >= 4 is 29.0 Å². The minimum Gasteiger partial charge on any atom is -0.497 e. The number of piperazine rings is 1. The van der Waals surface area contributed by atoms with E-state index in [0.29, 0.717) is 55.1 Å². The Morgan fingerprint density at radius 2 is 1.83 bits per heavy atom. The first-order valence-electron chi connectivity index (χ1n) is 9.46. The maximum atomic E-state index is 11.7. The molecule has 3 aromatic rings. The monoisotopic (exact) mass is 413 g/mol. The van der Waals surface area contributed by atoms with Gasteiger partial charge in [0.15, 0.2) is 11.5 Å². The molecule has 1 aliphatic heterocycles. The van der Waals surface area contributed by atoms with Gasteiger partial charge in [0.2, 0.25) is 11.9 Å². The van der Waals surface area contributed by atoms with Crippen LogP contribution in [0.5, 0.6) is 11.5 Å². The number of nitrogens with zero attached hydrogens (tertiary/aromatic N) is 6. The summed E-state index contributed by atoms with van der Waals surface area (Å²) >= 11 is 0. The molecule has 0 radical (unpaired) electrons. The van der Waals surface area contributed by atoms with Crippen LogP contribution < -0.4 is 19.7 Å². The number of anilines is 3. The fourth-order valence-electron chi connectivity index (χ4n) is 3.36. The number of carbonyl (C=O) groups is 1. The lowest BCUT2D eigenvalue weighted by Gasteiger charge is -2.35. The van der Waals surface area contributed by atoms with Crippen molar-refractivity contribution in [2.45, 2.75) is 0 Å². The summed E-state index contributed by atoms with van der Waals surface area (Å²) in [6, 6.07) is 5.43. The van der Waals surface area contributed by atoms with Gasteiger partial charge in [-0.3, -0.25) is 4.79 Å². The van der Waals surface area contributed by atoms with Crippen LogP contribution in [-0.4, -0.2) is 82.5 Å². The summed E-state index contributed by atoms with van der Waals surface area (Å²) in [7, 11) is 3.18. The Labute approximate surface area is 172 Å². The summed E-state index contributed by atoms with van der Waals surface area (Å²) in [4.78, 5) is 24.5. The Bertz CT molecular complexity index is 1020. The number of amides is 1. The van der Waals surface area contributed by atoms with Crippen LogP contribution in [-0.2, 0) is 4.79 Å². The normalized spacial score (nSPS) is 14.1. The average Bonchev–Trinajstić information content (AvgIpc) is 3.20. The summed E-state index contributed by atoms with van der Waals surface area (Å²) < 4.78 is 12.3. The van der Waals surface area contributed by atoms with Gasteiger partial charge in [0.05, 0.1) is 14.2 Å². The number of hydrogen-bond donors (Lipinski definition) is 2. The van der Waals surface area contributed by atoms with E-state index in [1.165, 1.54) is 0 Å². The van der Waals surface area contributed by atoms with Crippen molar-refractivity contribution < 1.29 is 19.4 Å². The van der Waals surface area contributed by atoms with E-state index in [0.717, 1.165) is 5.69 Å². The van der Waals surface area contributed by atoms with E-state index in [4.69, 9.17) is 14.6 Å². The lowest BCUT2D eigenvalue weighted by molar-refractivity contribution is -0.134. The number of aromatic nitrogens is 4. The van der Waals surface area contributed by atoms with Gasteiger partial charge >= 0.3 is 0 Å². The third-order valence-electron chi connectivity index (χ3n) is 4.91. The van der Waals surface area contributed by atoms with Gasteiger partial charge in [-0.15, -0.1) is 5.10 Å². The summed E-state index contributed by atoms with van der Waals surface area (Å²) in [6.07, 6.45) is 3.40. The molecule has 0 bridgehead atoms. The molecule has 2 N–H and O–H groups in total. The number of nitrogens with one attached hydrogen (secondary N) is 1. The highest BCUT2D eigenvalue weighted by Crippen LogP contribution is 2.28. The molecule has 1 aliphatic rings. The van der Waals surface area contributed by atoms with Gasteiger partial charge in [0.25, 0.3) is 0 Å². The van der Waals surface area contributed by atoms with E-state index in [1.807, 2.05) is 12.1 Å². The van der Waals surface area contributed by atoms with Crippen LogP contribution >= 0.6 is 0 Å². The van der Waals surface area contributed by atoms with Crippen molar-refractivity contribution in [3.8, 4) is 11.5 Å². The average molecular weight is 413 g/mol. The molecule has 30 heavy (non-hydrogen) atoms. The number of benzene rings is 1. The number of methoxy groups -OCH3 is 2. The lowest BCUT2D eigenvalue weighted by atomic mass is 10.3. The van der Waals surface area contributed by atoms with E-state index in [-0.39, 0.29) is 5.91 Å². The molecule has 0 atom stereocenters. The highest BCUT2D eigenvalue weighted by atomic mass is 16.5. The Hall–Kier alpha value is -3.60. The van der Waals surface area contributed by atoms with Crippen molar-refractivity contribution in [1.29, 1.82) is 0 Å². The van der Waals surface area contributed by atoms with Crippen LogP contribution in [0.1, 0.15) is 0 Å². The molecule has 4 rings (SSSR count). The number of aliphatic hydroxyl groups is 1. The second-order valence-corrected chi connectivity index (χ2v) is 6.71. The molecular weight excluding hydrogens is 390 g/mol. The molecule has 0 aliphatic carbocycles. The van der Waals surface area contributed by atoms with Gasteiger partial charge in [0, 0.05) is 62.5 Å². The lowest BCUT2D eigenvalue weighted by Crippen LogP contribution is -2.49. The zero-order chi connectivity index (χ0) is 21.1. The van der Waals surface area contributed by atoms with Crippen molar-refractivity contribution in [3.63, 3.8) is 0 Å². The topological polar surface area (TPSA) is 117 Å². The fourth-order valence-corrected chi connectivity index (χ4v) is 3.36. The number of aliphatic hydroxyl groups excluding tert-OH is 1. The summed E-state index contributed by atoms with van der Waals surface area (Å²) in [6.45, 7) is 1.76. The molecule has 0 saturated carbocycles. The second-order valence-electron chi connectivity index (χ2n) is 6.71. The van der Waals surface area contributed by atoms with Crippen LogP contribution in [0.15, 0.2) is 30.6 Å². The van der Waals surface area contributed by atoms with Gasteiger partial charge in [-0.2, -0.15) is 4.98 Å². The van der Waals surface area contributed by atoms with E-state index in [1.54, 1.807) is 42.1 Å². The Kier molecular flexibility index (Phi) is 5.53. The number of rotatable bonds is 6. The maximum absolute atomic E-state index is 11.7. The van der Waals surface area contributed by atoms with Crippen LogP contribution in [0.2, 0.25) is 0 Å². The minimum absolute atomic E-state index is 0.261. The van der Waals surface area contributed by atoms with Crippen molar-refractivity contribution in [1.82, 2.24) is 24.5 Å². The molecule has 3 heterocycles. The molecule has 1 aromatic carbocycles. The predicted molar refractivity (Wildman–Crippen MR) is 109 cm³/mol. The molecule has 0 unspecified atom stereocenters. The first kappa shape index (κ1) is 19.7. The first-order chi connectivity index (χ1) is 14.6. The largest absolute Gasteiger partial charge is 0.497 e. The number of hydrogen-bond acceptors (Lipinski definition) is 9. The van der Waals surface area contributed by atoms with E-state index in [9.17, 15) is 4.79 Å². The van der Waals surface area contributed by atoms with Gasteiger partial charge < -0.3 is 29.7 Å². The quantitative estimate of drug-likeness (QED) is 0.596. The summed E-state index contributed by atoms with van der Waals surface area (Å²) in [5.41, 5.74) is 1.34. The summed E-state index contributed by atoms with van der Waals surface area (Å²) in [5, 5.41) is 16.7. The maximum Gasteiger partial charge on any atom is 0.248 e. The van der Waals surface area contributed by atoms with Crippen molar-refractivity contribution in [2.24, 2.45) is 0 Å². The zero-order valence-corrected chi connectivity index (χ0v) is 16.8. The van der Waals surface area contributed by atoms with E-state index in [2.05, 4.69) is 25.3 Å². The van der Waals surface area contributed by atoms with Gasteiger partial charge in [-0.05, 0) is 0 Å². The Morgan fingerprint density at radius 1 is 1.13 bits per heavy atom.